The Balaban J connectivity index is 2.36. The Bertz CT molecular complexity index is 601. The molecule has 0 aliphatic heterocycles. The van der Waals surface area contributed by atoms with E-state index in [1.807, 2.05) is 6.92 Å². The van der Waals surface area contributed by atoms with Crippen LogP contribution in [-0.4, -0.2) is 19.6 Å². The van der Waals surface area contributed by atoms with Crippen LogP contribution in [0.3, 0.4) is 0 Å². The number of aliphatic hydroxyl groups excluding tert-OH is 1. The molecule has 0 saturated heterocycles. The molecule has 1 aromatic carbocycles. The number of aryl methyl sites for hydroxylation is 1. The fraction of sp³-hybridized carbons (Fsp3) is 0.571. The minimum Gasteiger partial charge on any atom is -0.392 e. The number of hydrogen-bond acceptors (Lipinski definition) is 3. The van der Waals surface area contributed by atoms with E-state index in [4.69, 9.17) is 0 Å². The molecule has 1 fully saturated rings. The summed E-state index contributed by atoms with van der Waals surface area (Å²) in [6, 6.07) is 3.31. The SMILES string of the molecule is Cc1cc(CO)cc(S(=O)(=O)NC2CCCC2C)c1Br. The minimum atomic E-state index is -3.57. The van der Waals surface area contributed by atoms with Gasteiger partial charge in [-0.05, 0) is 58.8 Å². The summed E-state index contributed by atoms with van der Waals surface area (Å²) >= 11 is 3.34. The van der Waals surface area contributed by atoms with Gasteiger partial charge in [-0.1, -0.05) is 19.4 Å². The van der Waals surface area contributed by atoms with Gasteiger partial charge in [0.2, 0.25) is 10.0 Å². The first-order chi connectivity index (χ1) is 9.35. The second-order valence-corrected chi connectivity index (χ2v) is 7.99. The quantitative estimate of drug-likeness (QED) is 0.866. The Morgan fingerprint density at radius 2 is 2.10 bits per heavy atom. The average molecular weight is 362 g/mol. The highest BCUT2D eigenvalue weighted by atomic mass is 79.9. The Hall–Kier alpha value is -0.430. The number of benzene rings is 1. The van der Waals surface area contributed by atoms with E-state index in [1.54, 1.807) is 6.07 Å². The molecule has 0 radical (unpaired) electrons. The summed E-state index contributed by atoms with van der Waals surface area (Å²) in [6.45, 7) is 3.72. The number of aliphatic hydroxyl groups is 1. The predicted octanol–water partition coefficient (Wildman–Crippen LogP) is 2.72. The van der Waals surface area contributed by atoms with Gasteiger partial charge in [0, 0.05) is 10.5 Å². The van der Waals surface area contributed by atoms with Crippen LogP contribution in [0.4, 0.5) is 0 Å². The molecular formula is C14H20BrNO3S. The van der Waals surface area contributed by atoms with Crippen LogP contribution in [0.1, 0.15) is 37.3 Å². The van der Waals surface area contributed by atoms with Gasteiger partial charge < -0.3 is 5.11 Å². The maximum Gasteiger partial charge on any atom is 0.241 e. The highest BCUT2D eigenvalue weighted by Gasteiger charge is 2.29. The van der Waals surface area contributed by atoms with Crippen molar-refractivity contribution < 1.29 is 13.5 Å². The Morgan fingerprint density at radius 3 is 2.65 bits per heavy atom. The lowest BCUT2D eigenvalue weighted by atomic mass is 10.1. The van der Waals surface area contributed by atoms with E-state index in [9.17, 15) is 13.5 Å². The number of rotatable bonds is 4. The average Bonchev–Trinajstić information content (AvgIpc) is 2.77. The molecule has 1 aromatic rings. The molecule has 0 heterocycles. The molecule has 0 bridgehead atoms. The highest BCUT2D eigenvalue weighted by molar-refractivity contribution is 9.10. The van der Waals surface area contributed by atoms with Crippen LogP contribution in [0.5, 0.6) is 0 Å². The first-order valence-corrected chi connectivity index (χ1v) is 9.05. The van der Waals surface area contributed by atoms with E-state index >= 15 is 0 Å². The molecule has 20 heavy (non-hydrogen) atoms. The molecule has 2 atom stereocenters. The van der Waals surface area contributed by atoms with E-state index < -0.39 is 10.0 Å². The lowest BCUT2D eigenvalue weighted by Gasteiger charge is -2.19. The summed E-state index contributed by atoms with van der Waals surface area (Å²) in [7, 11) is -3.57. The fourth-order valence-electron chi connectivity index (χ4n) is 2.68. The van der Waals surface area contributed by atoms with Crippen LogP contribution in [0.15, 0.2) is 21.5 Å². The summed E-state index contributed by atoms with van der Waals surface area (Å²) in [4.78, 5) is 0.209. The maximum atomic E-state index is 12.6. The van der Waals surface area contributed by atoms with Gasteiger partial charge >= 0.3 is 0 Å². The van der Waals surface area contributed by atoms with E-state index in [-0.39, 0.29) is 17.5 Å². The van der Waals surface area contributed by atoms with Gasteiger partial charge in [-0.25, -0.2) is 13.1 Å². The molecule has 2 N–H and O–H groups in total. The number of sulfonamides is 1. The first kappa shape index (κ1) is 15.9. The molecule has 1 saturated carbocycles. The largest absolute Gasteiger partial charge is 0.392 e. The van der Waals surface area contributed by atoms with Crippen LogP contribution in [0.25, 0.3) is 0 Å². The van der Waals surface area contributed by atoms with Crippen LogP contribution in [0, 0.1) is 12.8 Å². The zero-order chi connectivity index (χ0) is 14.9. The van der Waals surface area contributed by atoms with Crippen LogP contribution < -0.4 is 4.72 Å². The van der Waals surface area contributed by atoms with Crippen molar-refractivity contribution >= 4 is 26.0 Å². The van der Waals surface area contributed by atoms with Crippen molar-refractivity contribution in [2.24, 2.45) is 5.92 Å². The summed E-state index contributed by atoms with van der Waals surface area (Å²) in [5.74, 6) is 0.366. The zero-order valence-corrected chi connectivity index (χ0v) is 14.1. The molecule has 112 valence electrons. The van der Waals surface area contributed by atoms with E-state index in [0.29, 0.717) is 16.0 Å². The van der Waals surface area contributed by atoms with Crippen molar-refractivity contribution in [1.29, 1.82) is 0 Å². The smallest absolute Gasteiger partial charge is 0.241 e. The van der Waals surface area contributed by atoms with Gasteiger partial charge in [0.05, 0.1) is 11.5 Å². The van der Waals surface area contributed by atoms with Crippen molar-refractivity contribution in [2.45, 2.75) is 50.7 Å². The number of hydrogen-bond donors (Lipinski definition) is 2. The molecule has 4 nitrogen and oxygen atoms in total. The van der Waals surface area contributed by atoms with E-state index in [0.717, 1.165) is 24.8 Å². The van der Waals surface area contributed by atoms with Gasteiger partial charge in [0.25, 0.3) is 0 Å². The topological polar surface area (TPSA) is 66.4 Å². The number of nitrogens with one attached hydrogen (secondary N) is 1. The third-order valence-electron chi connectivity index (χ3n) is 3.92. The van der Waals surface area contributed by atoms with Gasteiger partial charge in [0.1, 0.15) is 0 Å². The van der Waals surface area contributed by atoms with Crippen LogP contribution >= 0.6 is 15.9 Å². The standard InChI is InChI=1S/C14H20BrNO3S/c1-9-4-3-5-12(9)16-20(18,19)13-7-11(8-17)6-10(2)14(13)15/h6-7,9,12,16-17H,3-5,8H2,1-2H3. The maximum absolute atomic E-state index is 12.6. The zero-order valence-electron chi connectivity index (χ0n) is 11.7. The summed E-state index contributed by atoms with van der Waals surface area (Å²) < 4.78 is 28.5. The molecule has 0 spiro atoms. The first-order valence-electron chi connectivity index (χ1n) is 6.77. The van der Waals surface area contributed by atoms with Gasteiger partial charge in [-0.3, -0.25) is 0 Å². The van der Waals surface area contributed by atoms with Gasteiger partial charge in [0.15, 0.2) is 0 Å². The second-order valence-electron chi connectivity index (χ2n) is 5.52. The van der Waals surface area contributed by atoms with Crippen molar-refractivity contribution in [3.8, 4) is 0 Å². The van der Waals surface area contributed by atoms with Crippen LogP contribution in [0.2, 0.25) is 0 Å². The molecule has 0 amide bonds. The Kier molecular flexibility index (Phi) is 4.89. The minimum absolute atomic E-state index is 0.00462. The normalized spacial score (nSPS) is 23.2. The van der Waals surface area contributed by atoms with Gasteiger partial charge in [-0.15, -0.1) is 0 Å². The third-order valence-corrected chi connectivity index (χ3v) is 6.75. The summed E-state index contributed by atoms with van der Waals surface area (Å²) in [5.41, 5.74) is 1.40. The Morgan fingerprint density at radius 1 is 1.40 bits per heavy atom. The lowest BCUT2D eigenvalue weighted by molar-refractivity contribution is 0.281. The highest BCUT2D eigenvalue weighted by Crippen LogP contribution is 2.30. The molecule has 2 unspecified atom stereocenters. The predicted molar refractivity (Wildman–Crippen MR) is 81.9 cm³/mol. The van der Waals surface area contributed by atoms with Crippen molar-refractivity contribution in [3.05, 3.63) is 27.7 Å². The van der Waals surface area contributed by atoms with E-state index in [1.165, 1.54) is 6.07 Å². The second kappa shape index (κ2) is 6.13. The van der Waals surface area contributed by atoms with E-state index in [2.05, 4.69) is 27.6 Å². The van der Waals surface area contributed by atoms with Gasteiger partial charge in [-0.2, -0.15) is 0 Å². The van der Waals surface area contributed by atoms with Crippen LogP contribution in [-0.2, 0) is 16.6 Å². The molecular weight excluding hydrogens is 342 g/mol. The van der Waals surface area contributed by atoms with Crippen molar-refractivity contribution in [2.75, 3.05) is 0 Å². The monoisotopic (exact) mass is 361 g/mol. The number of halogens is 1. The molecule has 6 heteroatoms. The molecule has 1 aliphatic rings. The molecule has 0 aromatic heterocycles. The Labute approximate surface area is 128 Å². The summed E-state index contributed by atoms with van der Waals surface area (Å²) in [6.07, 6.45) is 3.01. The lowest BCUT2D eigenvalue weighted by Crippen LogP contribution is -2.36. The fourth-order valence-corrected chi connectivity index (χ4v) is 5.13. The molecule has 2 rings (SSSR count). The molecule has 1 aliphatic carbocycles. The van der Waals surface area contributed by atoms with Crippen molar-refractivity contribution in [1.82, 2.24) is 4.72 Å². The third kappa shape index (κ3) is 3.24. The van der Waals surface area contributed by atoms with Crippen molar-refractivity contribution in [3.63, 3.8) is 0 Å². The summed E-state index contributed by atoms with van der Waals surface area (Å²) in [5, 5.41) is 9.24.